The van der Waals surface area contributed by atoms with Crippen molar-refractivity contribution in [2.45, 2.75) is 0 Å². The van der Waals surface area contributed by atoms with Gasteiger partial charge in [-0.3, -0.25) is 50.1 Å². The predicted octanol–water partition coefficient (Wildman–Crippen LogP) is -2.38. The monoisotopic (exact) mass is 1030 g/mol. The zero-order valence-electron chi connectivity index (χ0n) is 18.9. The van der Waals surface area contributed by atoms with E-state index in [4.69, 9.17) is 10.2 Å². The Morgan fingerprint density at radius 2 is 0.689 bits per heavy atom. The summed E-state index contributed by atoms with van der Waals surface area (Å²) in [6.45, 7) is 0. The van der Waals surface area contributed by atoms with E-state index in [0.717, 1.165) is 0 Å². The summed E-state index contributed by atoms with van der Waals surface area (Å²) in [4.78, 5) is 86.2. The van der Waals surface area contributed by atoms with Crippen molar-refractivity contribution in [3.63, 3.8) is 0 Å². The molecule has 0 saturated heterocycles. The number of carboxylic acids is 2. The summed E-state index contributed by atoms with van der Waals surface area (Å²) in [7, 11) is 0. The first kappa shape index (κ1) is 46.7. The first-order chi connectivity index (χ1) is 19.2. The molecule has 28 nitrogen and oxygen atoms in total. The van der Waals surface area contributed by atoms with Gasteiger partial charge in [-0.25, -0.2) is 9.59 Å². The topological polar surface area (TPSA) is 433 Å². The van der Waals surface area contributed by atoms with Crippen LogP contribution in [0.5, 0.6) is 34.5 Å². The Morgan fingerprint density at radius 3 is 0.844 bits per heavy atom. The van der Waals surface area contributed by atoms with Crippen LogP contribution in [-0.4, -0.2) is 219 Å². The van der Waals surface area contributed by atoms with E-state index < -0.39 is 110 Å². The summed E-state index contributed by atoms with van der Waals surface area (Å²) >= 11 is 0. The fourth-order valence-corrected chi connectivity index (χ4v) is 2.76. The molecule has 45 heavy (non-hydrogen) atoms. The quantitative estimate of drug-likeness (QED) is 0.0822. The average molecular weight is 1030 g/mol. The molecular formula is C14H12Ba3N6O22. The van der Waals surface area contributed by atoms with E-state index in [0.29, 0.717) is 0 Å². The van der Waals surface area contributed by atoms with Crippen LogP contribution in [0, 0.1) is 60.7 Å². The van der Waals surface area contributed by atoms with Crippen LogP contribution >= 0.6 is 0 Å². The van der Waals surface area contributed by atoms with Crippen molar-refractivity contribution in [1.82, 2.24) is 0 Å². The van der Waals surface area contributed by atoms with Crippen LogP contribution in [0.4, 0.5) is 22.7 Å². The number of nitro groups is 4. The summed E-state index contributed by atoms with van der Waals surface area (Å²) in [5.74, 6) is -14.7. The predicted molar refractivity (Wildman–Crippen MR) is 141 cm³/mol. The third-order valence-electron chi connectivity index (χ3n) is 4.19. The van der Waals surface area contributed by atoms with Crippen molar-refractivity contribution in [3.8, 4) is 34.5 Å². The minimum atomic E-state index is -2.18. The maximum atomic E-state index is 10.9. The van der Waals surface area contributed by atoms with Gasteiger partial charge in [0, 0.05) is 0 Å². The van der Waals surface area contributed by atoms with Crippen LogP contribution in [-0.2, 0) is 0 Å². The van der Waals surface area contributed by atoms with Gasteiger partial charge in [-0.05, 0) is 0 Å². The number of hydrogen-bond donors (Lipinski definition) is 6. The van der Waals surface area contributed by atoms with Crippen LogP contribution in [0.25, 0.3) is 0 Å². The molecule has 0 radical (unpaired) electrons. The van der Waals surface area contributed by atoms with Crippen molar-refractivity contribution in [2.24, 2.45) is 0 Å². The van der Waals surface area contributed by atoms with E-state index in [1.165, 1.54) is 0 Å². The van der Waals surface area contributed by atoms with E-state index >= 15 is 0 Å². The van der Waals surface area contributed by atoms with Gasteiger partial charge in [0.1, 0.15) is 11.1 Å². The second kappa shape index (κ2) is 19.1. The van der Waals surface area contributed by atoms with Crippen LogP contribution in [0.2, 0.25) is 0 Å². The molecule has 236 valence electrons. The molecule has 0 atom stereocenters. The summed E-state index contributed by atoms with van der Waals surface area (Å²) < 4.78 is 0. The van der Waals surface area contributed by atoms with Crippen molar-refractivity contribution in [2.75, 3.05) is 0 Å². The molecule has 2 aromatic rings. The van der Waals surface area contributed by atoms with E-state index in [9.17, 15) is 90.7 Å². The van der Waals surface area contributed by atoms with Crippen LogP contribution < -0.4 is 9.68 Å². The molecule has 0 aliphatic rings. The van der Waals surface area contributed by atoms with Crippen molar-refractivity contribution < 1.29 is 79.8 Å². The maximum absolute atomic E-state index is 10.9. The normalized spacial score (nSPS) is 9.24. The first-order valence-corrected chi connectivity index (χ1v) is 9.11. The Bertz CT molecular complexity index is 1410. The fourth-order valence-electron chi connectivity index (χ4n) is 2.76. The third-order valence-corrected chi connectivity index (χ3v) is 4.19. The zero-order chi connectivity index (χ0) is 33.0. The molecule has 0 heterocycles. The van der Waals surface area contributed by atoms with Gasteiger partial charge in [-0.2, -0.15) is 0 Å². The fraction of sp³-hybridized carbons (Fsp3) is 0. The summed E-state index contributed by atoms with van der Waals surface area (Å²) in [5, 5.41) is 115. The van der Waals surface area contributed by atoms with Gasteiger partial charge < -0.3 is 30.6 Å². The van der Waals surface area contributed by atoms with Crippen molar-refractivity contribution >= 4 is 181 Å². The number of nitro benzene ring substituents is 4. The molecule has 0 fully saturated rings. The zero-order valence-corrected chi connectivity index (χ0v) is 18.9. The molecule has 0 amide bonds. The summed E-state index contributed by atoms with van der Waals surface area (Å²) in [6.07, 6.45) is 0. The van der Waals surface area contributed by atoms with Crippen LogP contribution in [0.1, 0.15) is 20.7 Å². The standard InChI is InChI=1S/2C7H3N3O11.3Ba.6H/c2*11-4-1(7(13)14)6(21-10(19)20)3(9(17)18)5(12)2(4)8(15)16;;;;;;;;;/h2*11-12H,(H,13,14);;;;;;;;;. The first-order valence-electron chi connectivity index (χ1n) is 9.11. The number of phenolic OH excluding ortho intramolecular Hbond substituents is 2. The van der Waals surface area contributed by atoms with Crippen LogP contribution in [0.3, 0.4) is 0 Å². The Balaban J connectivity index is -0.000000735. The Kier molecular flexibility index (Phi) is 19.8. The molecule has 2 rings (SSSR count). The molecule has 0 saturated carbocycles. The molecule has 0 bridgehead atoms. The Hall–Kier alpha value is -2.71. The summed E-state index contributed by atoms with van der Waals surface area (Å²) in [6, 6.07) is 0. The van der Waals surface area contributed by atoms with Crippen molar-refractivity contribution in [1.29, 1.82) is 0 Å². The molecule has 2 aromatic carbocycles. The SMILES string of the molecule is O=C(O)c1c(O)c([N+](=O)[O-])c(O)c([N+](=O)[O-])c1O[N+](=O)[O-].O=C(O)c1c(O)c([N+](=O)[O-])c(O)c([N+](=O)[O-])c1O[N+](=O)[O-].[BaH2].[BaH2].[BaH2]. The van der Waals surface area contributed by atoms with E-state index in [1.54, 1.807) is 0 Å². The van der Waals surface area contributed by atoms with Gasteiger partial charge in [0.25, 0.3) is 21.7 Å². The van der Waals surface area contributed by atoms with Gasteiger partial charge in [-0.1, -0.05) is 0 Å². The third kappa shape index (κ3) is 10.7. The minimum absolute atomic E-state index is 0. The van der Waals surface area contributed by atoms with Crippen molar-refractivity contribution in [3.05, 3.63) is 71.8 Å². The Morgan fingerprint density at radius 1 is 0.467 bits per heavy atom. The Labute approximate surface area is 361 Å². The van der Waals surface area contributed by atoms with E-state index in [2.05, 4.69) is 9.68 Å². The molecule has 0 aliphatic heterocycles. The molecule has 31 heteroatoms. The van der Waals surface area contributed by atoms with Gasteiger partial charge in [-0.15, -0.1) is 20.2 Å². The number of aromatic hydroxyl groups is 4. The van der Waals surface area contributed by atoms with Gasteiger partial charge in [0.05, 0.1) is 19.7 Å². The molecule has 6 N–H and O–H groups in total. The van der Waals surface area contributed by atoms with Gasteiger partial charge >= 0.3 is 181 Å². The number of carboxylic acid groups (broad SMARTS) is 2. The van der Waals surface area contributed by atoms with Gasteiger partial charge in [0.2, 0.25) is 23.0 Å². The van der Waals surface area contributed by atoms with E-state index in [1.807, 2.05) is 0 Å². The van der Waals surface area contributed by atoms with E-state index in [-0.39, 0.29) is 147 Å². The number of carbonyl (C=O) groups is 2. The molecule has 0 aromatic heterocycles. The summed E-state index contributed by atoms with van der Waals surface area (Å²) in [5.41, 5.74) is -10.1. The van der Waals surface area contributed by atoms with Gasteiger partial charge in [0.15, 0.2) is 0 Å². The number of rotatable bonds is 10. The number of aromatic carboxylic acids is 2. The molecular weight excluding hydrogens is 1020 g/mol. The second-order valence-electron chi connectivity index (χ2n) is 6.47. The molecule has 0 unspecified atom stereocenters. The number of hydrogen-bond acceptors (Lipinski definition) is 20. The second-order valence-corrected chi connectivity index (χ2v) is 6.47. The number of benzene rings is 2. The molecule has 0 spiro atoms. The number of nitrogens with zero attached hydrogens (tertiary/aromatic N) is 6. The van der Waals surface area contributed by atoms with Crippen LogP contribution in [0.15, 0.2) is 0 Å². The number of phenols is 4. The molecule has 0 aliphatic carbocycles. The average Bonchev–Trinajstić information content (AvgIpc) is 2.76.